The Morgan fingerprint density at radius 3 is 3.00 bits per heavy atom. The zero-order valence-corrected chi connectivity index (χ0v) is 13.6. The van der Waals surface area contributed by atoms with E-state index in [1.165, 1.54) is 0 Å². The summed E-state index contributed by atoms with van der Waals surface area (Å²) in [6.07, 6.45) is 9.83. The Morgan fingerprint density at radius 2 is 2.08 bits per heavy atom. The molecule has 0 saturated carbocycles. The lowest BCUT2D eigenvalue weighted by Crippen LogP contribution is -1.99. The van der Waals surface area contributed by atoms with E-state index in [4.69, 9.17) is 4.74 Å². The topological polar surface area (TPSA) is 76.6 Å². The molecule has 2 heterocycles. The number of allylic oxidation sites excluding steroid dienone is 5. The number of hydrogen-bond donors (Lipinski definition) is 1. The number of nitrogens with one attached hydrogen (secondary N) is 1. The quantitative estimate of drug-likeness (QED) is 0.773. The highest BCUT2D eigenvalue weighted by molar-refractivity contribution is 5.78. The van der Waals surface area contributed by atoms with Gasteiger partial charge >= 0.3 is 0 Å². The fourth-order valence-corrected chi connectivity index (χ4v) is 2.69. The molecule has 6 heteroatoms. The number of pyridine rings is 1. The van der Waals surface area contributed by atoms with Crippen LogP contribution in [-0.4, -0.2) is 25.6 Å². The van der Waals surface area contributed by atoms with Crippen LogP contribution in [0.2, 0.25) is 0 Å². The first-order valence-corrected chi connectivity index (χ1v) is 8.16. The summed E-state index contributed by atoms with van der Waals surface area (Å²) in [5.41, 5.74) is 3.00. The summed E-state index contributed by atoms with van der Waals surface area (Å²) in [6, 6.07) is 12.2. The van der Waals surface area contributed by atoms with Crippen molar-refractivity contribution in [3.05, 3.63) is 77.5 Å². The van der Waals surface area contributed by atoms with Crippen LogP contribution in [0.3, 0.4) is 0 Å². The molecule has 0 unspecified atom stereocenters. The van der Waals surface area contributed by atoms with Gasteiger partial charge in [0.2, 0.25) is 0 Å². The van der Waals surface area contributed by atoms with Crippen LogP contribution in [0.1, 0.15) is 24.4 Å². The molecule has 0 fully saturated rings. The lowest BCUT2D eigenvalue weighted by molar-refractivity contribution is 0.185. The Kier molecular flexibility index (Phi) is 4.33. The highest BCUT2D eigenvalue weighted by atomic mass is 16.5. The molecule has 1 N–H and O–H groups in total. The fourth-order valence-electron chi connectivity index (χ4n) is 2.69. The van der Waals surface area contributed by atoms with E-state index < -0.39 is 0 Å². The number of aromatic nitrogens is 5. The molecular formula is C19H17N5O. The van der Waals surface area contributed by atoms with Gasteiger partial charge in [0.25, 0.3) is 0 Å². The lowest BCUT2D eigenvalue weighted by Gasteiger charge is -2.14. The smallest absolute Gasteiger partial charge is 0.197 e. The van der Waals surface area contributed by atoms with Crippen LogP contribution < -0.4 is 0 Å². The zero-order chi connectivity index (χ0) is 16.9. The van der Waals surface area contributed by atoms with Gasteiger partial charge in [-0.2, -0.15) is 5.21 Å². The summed E-state index contributed by atoms with van der Waals surface area (Å²) in [6.45, 7) is 0.471. The maximum atomic E-state index is 5.96. The van der Waals surface area contributed by atoms with Crippen LogP contribution in [-0.2, 0) is 11.3 Å². The highest BCUT2D eigenvalue weighted by Crippen LogP contribution is 2.21. The molecule has 1 aliphatic rings. The van der Waals surface area contributed by atoms with E-state index in [0.29, 0.717) is 12.4 Å². The molecule has 0 aliphatic heterocycles. The third-order valence-corrected chi connectivity index (χ3v) is 3.95. The Balaban J connectivity index is 1.42. The monoisotopic (exact) mass is 331 g/mol. The van der Waals surface area contributed by atoms with Gasteiger partial charge in [0.05, 0.1) is 17.0 Å². The van der Waals surface area contributed by atoms with Crippen molar-refractivity contribution in [3.8, 4) is 0 Å². The molecule has 2 aromatic heterocycles. The number of para-hydroxylation sites is 1. The molecule has 3 aromatic rings. The summed E-state index contributed by atoms with van der Waals surface area (Å²) in [5, 5.41) is 14.9. The predicted molar refractivity (Wildman–Crippen MR) is 95.1 cm³/mol. The number of tetrazole rings is 1. The van der Waals surface area contributed by atoms with Crippen LogP contribution >= 0.6 is 0 Å². The molecule has 0 amide bonds. The lowest BCUT2D eigenvalue weighted by atomic mass is 10.1. The Hall–Kier alpha value is -3.28. The number of aromatic amines is 1. The molecule has 124 valence electrons. The molecule has 1 aliphatic carbocycles. The average Bonchev–Trinajstić information content (AvgIpc) is 3.19. The summed E-state index contributed by atoms with van der Waals surface area (Å²) in [7, 11) is 0. The van der Waals surface area contributed by atoms with Gasteiger partial charge in [-0.05, 0) is 41.5 Å². The molecule has 1 aromatic carbocycles. The largest absolute Gasteiger partial charge is 0.492 e. The third-order valence-electron chi connectivity index (χ3n) is 3.95. The van der Waals surface area contributed by atoms with Gasteiger partial charge in [0.1, 0.15) is 6.61 Å². The molecule has 0 bridgehead atoms. The van der Waals surface area contributed by atoms with Gasteiger partial charge in [0.15, 0.2) is 5.82 Å². The Labute approximate surface area is 144 Å². The number of fused-ring (bicyclic) bond motifs is 1. The first-order valence-electron chi connectivity index (χ1n) is 8.16. The van der Waals surface area contributed by atoms with Crippen molar-refractivity contribution in [1.29, 1.82) is 0 Å². The van der Waals surface area contributed by atoms with Crippen LogP contribution in [0.15, 0.2) is 66.0 Å². The third kappa shape index (κ3) is 3.80. The first-order chi connectivity index (χ1) is 12.4. The zero-order valence-electron chi connectivity index (χ0n) is 13.6. The maximum Gasteiger partial charge on any atom is 0.197 e. The van der Waals surface area contributed by atoms with Gasteiger partial charge in [0, 0.05) is 11.8 Å². The van der Waals surface area contributed by atoms with Gasteiger partial charge in [-0.1, -0.05) is 36.4 Å². The van der Waals surface area contributed by atoms with E-state index in [2.05, 4.69) is 43.8 Å². The Bertz CT molecular complexity index is 957. The number of benzene rings is 1. The number of hydrogen-bond acceptors (Lipinski definition) is 5. The van der Waals surface area contributed by atoms with Crippen molar-refractivity contribution in [3.63, 3.8) is 0 Å². The molecule has 0 radical (unpaired) electrons. The molecule has 4 rings (SSSR count). The molecule has 0 saturated heterocycles. The molecule has 6 nitrogen and oxygen atoms in total. The summed E-state index contributed by atoms with van der Waals surface area (Å²) in [5.74, 6) is 1.52. The van der Waals surface area contributed by atoms with Crippen LogP contribution in [0.25, 0.3) is 17.0 Å². The normalized spacial score (nSPS) is 14.6. The first kappa shape index (κ1) is 15.3. The summed E-state index contributed by atoms with van der Waals surface area (Å²) in [4.78, 5) is 4.64. The molecule has 25 heavy (non-hydrogen) atoms. The summed E-state index contributed by atoms with van der Waals surface area (Å²) >= 11 is 0. The van der Waals surface area contributed by atoms with Crippen LogP contribution in [0, 0.1) is 0 Å². The number of H-pyrrole nitrogens is 1. The second-order valence-electron chi connectivity index (χ2n) is 5.74. The van der Waals surface area contributed by atoms with E-state index >= 15 is 0 Å². The summed E-state index contributed by atoms with van der Waals surface area (Å²) < 4.78 is 5.96. The van der Waals surface area contributed by atoms with Crippen molar-refractivity contribution in [2.75, 3.05) is 0 Å². The molecule has 0 atom stereocenters. The van der Waals surface area contributed by atoms with Crippen molar-refractivity contribution >= 4 is 17.0 Å². The van der Waals surface area contributed by atoms with Crippen molar-refractivity contribution < 1.29 is 4.74 Å². The van der Waals surface area contributed by atoms with Crippen LogP contribution in [0.5, 0.6) is 0 Å². The molecule has 0 spiro atoms. The fraction of sp³-hybridized carbons (Fsp3) is 0.158. The van der Waals surface area contributed by atoms with E-state index in [9.17, 15) is 0 Å². The number of ether oxygens (including phenoxy) is 1. The minimum atomic E-state index is 0.471. The SMILES string of the molecule is C1=C(/C=C\c2nn[nH]n2)C=C(OCc2ccc3ccccc3n2)CC1. The second kappa shape index (κ2) is 7.09. The van der Waals surface area contributed by atoms with E-state index in [0.717, 1.165) is 40.8 Å². The number of rotatable bonds is 5. The van der Waals surface area contributed by atoms with Crippen molar-refractivity contribution in [2.24, 2.45) is 0 Å². The number of nitrogens with zero attached hydrogens (tertiary/aromatic N) is 4. The van der Waals surface area contributed by atoms with Gasteiger partial charge < -0.3 is 4.74 Å². The second-order valence-corrected chi connectivity index (χ2v) is 5.74. The van der Waals surface area contributed by atoms with E-state index in [-0.39, 0.29) is 0 Å². The van der Waals surface area contributed by atoms with Crippen molar-refractivity contribution in [1.82, 2.24) is 25.6 Å². The highest BCUT2D eigenvalue weighted by Gasteiger charge is 2.07. The Morgan fingerprint density at radius 1 is 1.12 bits per heavy atom. The van der Waals surface area contributed by atoms with Gasteiger partial charge in [-0.25, -0.2) is 4.98 Å². The standard InChI is InChI=1S/C19H17N5O/c1-2-7-18-15(5-1)9-10-16(20-18)13-25-17-6-3-4-14(12-17)8-11-19-21-23-24-22-19/h1-2,4-5,7-12H,3,6,13H2,(H,21,22,23,24)/b11-8-. The van der Waals surface area contributed by atoms with Crippen LogP contribution in [0.4, 0.5) is 0 Å². The van der Waals surface area contributed by atoms with E-state index in [1.54, 1.807) is 0 Å². The molecular weight excluding hydrogens is 314 g/mol. The minimum absolute atomic E-state index is 0.471. The minimum Gasteiger partial charge on any atom is -0.492 e. The average molecular weight is 331 g/mol. The van der Waals surface area contributed by atoms with Crippen molar-refractivity contribution in [2.45, 2.75) is 19.4 Å². The maximum absolute atomic E-state index is 5.96. The van der Waals surface area contributed by atoms with Gasteiger partial charge in [-0.15, -0.1) is 10.2 Å². The van der Waals surface area contributed by atoms with Gasteiger partial charge in [-0.3, -0.25) is 0 Å². The van der Waals surface area contributed by atoms with E-state index in [1.807, 2.05) is 42.5 Å². The predicted octanol–water partition coefficient (Wildman–Crippen LogP) is 3.58.